The lowest BCUT2D eigenvalue weighted by Crippen LogP contribution is -2.30. The fraction of sp³-hybridized carbons (Fsp3) is 0.176. The van der Waals surface area contributed by atoms with Crippen LogP contribution in [0.25, 0.3) is 0 Å². The third-order valence-corrected chi connectivity index (χ3v) is 3.95. The van der Waals surface area contributed by atoms with Crippen molar-refractivity contribution in [3.05, 3.63) is 74.3 Å². The van der Waals surface area contributed by atoms with Crippen LogP contribution in [0, 0.1) is 17.0 Å². The molecule has 0 fully saturated rings. The van der Waals surface area contributed by atoms with Gasteiger partial charge in [-0.1, -0.05) is 29.8 Å². The molecule has 0 radical (unpaired) electrons. The summed E-state index contributed by atoms with van der Waals surface area (Å²) in [5.74, 6) is -1.67. The molecule has 1 atom stereocenters. The van der Waals surface area contributed by atoms with E-state index in [0.717, 1.165) is 0 Å². The summed E-state index contributed by atoms with van der Waals surface area (Å²) in [6.07, 6.45) is -0.332. The van der Waals surface area contributed by atoms with Crippen LogP contribution in [0.2, 0.25) is 5.02 Å². The molecule has 0 saturated carbocycles. The van der Waals surface area contributed by atoms with E-state index >= 15 is 0 Å². The molecular weight excluding hydrogens is 348 g/mol. The summed E-state index contributed by atoms with van der Waals surface area (Å²) in [6.45, 7) is 1.47. The molecule has 0 aliphatic heterocycles. The monoisotopic (exact) mass is 362 g/mol. The normalized spacial score (nSPS) is 11.6. The molecule has 7 nitrogen and oxygen atoms in total. The number of carbonyl (C=O) groups excluding carboxylic acids is 1. The highest BCUT2D eigenvalue weighted by atomic mass is 35.5. The van der Waals surface area contributed by atoms with Gasteiger partial charge in [-0.15, -0.1) is 0 Å². The average molecular weight is 363 g/mol. The summed E-state index contributed by atoms with van der Waals surface area (Å²) in [5, 5.41) is 23.2. The zero-order chi connectivity index (χ0) is 18.6. The fourth-order valence-electron chi connectivity index (χ4n) is 2.43. The Morgan fingerprint density at radius 3 is 2.44 bits per heavy atom. The van der Waals surface area contributed by atoms with Crippen LogP contribution < -0.4 is 5.32 Å². The maximum atomic E-state index is 12.5. The molecule has 1 unspecified atom stereocenters. The Morgan fingerprint density at radius 1 is 1.24 bits per heavy atom. The molecular formula is C17H15ClN2O5. The van der Waals surface area contributed by atoms with Crippen molar-refractivity contribution in [3.63, 3.8) is 0 Å². The second kappa shape index (κ2) is 7.76. The molecule has 0 aromatic heterocycles. The van der Waals surface area contributed by atoms with Gasteiger partial charge < -0.3 is 10.4 Å². The van der Waals surface area contributed by atoms with Crippen molar-refractivity contribution in [2.45, 2.75) is 19.4 Å². The van der Waals surface area contributed by atoms with Crippen LogP contribution in [-0.4, -0.2) is 21.9 Å². The highest BCUT2D eigenvalue weighted by Gasteiger charge is 2.22. The minimum absolute atomic E-state index is 0.124. The Labute approximate surface area is 148 Å². The van der Waals surface area contributed by atoms with E-state index in [2.05, 4.69) is 5.32 Å². The minimum atomic E-state index is -1.09. The molecule has 0 bridgehead atoms. The Hall–Kier alpha value is -2.93. The van der Waals surface area contributed by atoms with Crippen molar-refractivity contribution >= 4 is 29.2 Å². The van der Waals surface area contributed by atoms with E-state index in [0.29, 0.717) is 10.6 Å². The number of amides is 1. The van der Waals surface area contributed by atoms with E-state index in [1.165, 1.54) is 25.1 Å². The van der Waals surface area contributed by atoms with Gasteiger partial charge in [-0.05, 0) is 30.7 Å². The van der Waals surface area contributed by atoms with Crippen molar-refractivity contribution in [1.82, 2.24) is 5.32 Å². The average Bonchev–Trinajstić information content (AvgIpc) is 2.54. The number of carboxylic acids is 1. The van der Waals surface area contributed by atoms with E-state index in [1.807, 2.05) is 0 Å². The summed E-state index contributed by atoms with van der Waals surface area (Å²) in [5.41, 5.74) is 0.742. The van der Waals surface area contributed by atoms with E-state index in [9.17, 15) is 19.7 Å². The summed E-state index contributed by atoms with van der Waals surface area (Å²) in [4.78, 5) is 34.1. The number of aliphatic carboxylic acids is 1. The summed E-state index contributed by atoms with van der Waals surface area (Å²) >= 11 is 5.82. The number of carboxylic acid groups (broad SMARTS) is 1. The molecule has 1 amide bonds. The van der Waals surface area contributed by atoms with Gasteiger partial charge in [0.15, 0.2) is 0 Å². The van der Waals surface area contributed by atoms with E-state index in [1.54, 1.807) is 24.3 Å². The molecule has 8 heteroatoms. The predicted molar refractivity (Wildman–Crippen MR) is 91.7 cm³/mol. The van der Waals surface area contributed by atoms with E-state index in [-0.39, 0.29) is 23.2 Å². The number of nitrogens with one attached hydrogen (secondary N) is 1. The van der Waals surface area contributed by atoms with Gasteiger partial charge >= 0.3 is 5.97 Å². The second-order valence-corrected chi connectivity index (χ2v) is 5.82. The lowest BCUT2D eigenvalue weighted by molar-refractivity contribution is -0.385. The quantitative estimate of drug-likeness (QED) is 0.603. The first-order valence-corrected chi connectivity index (χ1v) is 7.69. The number of nitrogens with zero attached hydrogens (tertiary/aromatic N) is 1. The van der Waals surface area contributed by atoms with Crippen LogP contribution in [0.15, 0.2) is 42.5 Å². The lowest BCUT2D eigenvalue weighted by Gasteiger charge is -2.18. The Morgan fingerprint density at radius 2 is 1.88 bits per heavy atom. The van der Waals surface area contributed by atoms with Crippen molar-refractivity contribution in [1.29, 1.82) is 0 Å². The molecule has 0 heterocycles. The minimum Gasteiger partial charge on any atom is -0.481 e. The molecule has 0 aliphatic carbocycles. The van der Waals surface area contributed by atoms with Gasteiger partial charge in [0.2, 0.25) is 0 Å². The first-order chi connectivity index (χ1) is 11.8. The number of nitro groups is 1. The Kier molecular flexibility index (Phi) is 5.71. The Bertz CT molecular complexity index is 820. The van der Waals surface area contributed by atoms with Crippen LogP contribution in [0.1, 0.15) is 33.9 Å². The van der Waals surface area contributed by atoms with Crippen LogP contribution in [0.5, 0.6) is 0 Å². The summed E-state index contributed by atoms with van der Waals surface area (Å²) < 4.78 is 0. The summed E-state index contributed by atoms with van der Waals surface area (Å²) in [7, 11) is 0. The van der Waals surface area contributed by atoms with Crippen LogP contribution in [-0.2, 0) is 4.79 Å². The second-order valence-electron chi connectivity index (χ2n) is 5.38. The molecule has 2 aromatic carbocycles. The molecule has 130 valence electrons. The third kappa shape index (κ3) is 4.54. The van der Waals surface area contributed by atoms with E-state index in [4.69, 9.17) is 16.7 Å². The van der Waals surface area contributed by atoms with Gasteiger partial charge in [0.05, 0.1) is 17.4 Å². The van der Waals surface area contributed by atoms with Crippen molar-refractivity contribution in [3.8, 4) is 0 Å². The molecule has 0 aliphatic rings. The number of halogens is 1. The highest BCUT2D eigenvalue weighted by Crippen LogP contribution is 2.24. The highest BCUT2D eigenvalue weighted by molar-refractivity contribution is 6.30. The molecule has 2 N–H and O–H groups in total. The number of rotatable bonds is 6. The largest absolute Gasteiger partial charge is 0.481 e. The molecule has 2 aromatic rings. The van der Waals surface area contributed by atoms with Crippen molar-refractivity contribution in [2.24, 2.45) is 0 Å². The van der Waals surface area contributed by atoms with E-state index < -0.39 is 22.8 Å². The van der Waals surface area contributed by atoms with Gasteiger partial charge in [-0.2, -0.15) is 0 Å². The van der Waals surface area contributed by atoms with Crippen LogP contribution in [0.3, 0.4) is 0 Å². The van der Waals surface area contributed by atoms with Crippen molar-refractivity contribution in [2.75, 3.05) is 0 Å². The predicted octanol–water partition coefficient (Wildman–Crippen LogP) is 3.50. The number of benzene rings is 2. The Balaban J connectivity index is 2.31. The van der Waals surface area contributed by atoms with Crippen LogP contribution >= 0.6 is 11.6 Å². The first kappa shape index (κ1) is 18.4. The maximum absolute atomic E-state index is 12.5. The third-order valence-electron chi connectivity index (χ3n) is 3.70. The smallest absolute Gasteiger partial charge is 0.305 e. The van der Waals surface area contributed by atoms with Gasteiger partial charge in [0.1, 0.15) is 0 Å². The topological polar surface area (TPSA) is 110 Å². The lowest BCUT2D eigenvalue weighted by atomic mass is 10.0. The molecule has 0 spiro atoms. The molecule has 25 heavy (non-hydrogen) atoms. The number of carbonyl (C=O) groups is 2. The maximum Gasteiger partial charge on any atom is 0.305 e. The van der Waals surface area contributed by atoms with Gasteiger partial charge in [0, 0.05) is 22.2 Å². The molecule has 0 saturated heterocycles. The van der Waals surface area contributed by atoms with Crippen molar-refractivity contribution < 1.29 is 19.6 Å². The first-order valence-electron chi connectivity index (χ1n) is 7.31. The zero-order valence-electron chi connectivity index (χ0n) is 13.2. The SMILES string of the molecule is Cc1c(C(=O)NC(CC(=O)O)c2ccc(Cl)cc2)cccc1[N+](=O)[O-]. The molecule has 2 rings (SSSR count). The van der Waals surface area contributed by atoms with Gasteiger partial charge in [-0.3, -0.25) is 19.7 Å². The van der Waals surface area contributed by atoms with Gasteiger partial charge in [-0.25, -0.2) is 0 Å². The number of nitro benzene ring substituents is 1. The van der Waals surface area contributed by atoms with Crippen LogP contribution in [0.4, 0.5) is 5.69 Å². The number of hydrogen-bond donors (Lipinski definition) is 2. The standard InChI is InChI=1S/C17H15ClN2O5/c1-10-13(3-2-4-15(10)20(24)25)17(23)19-14(9-16(21)22)11-5-7-12(18)8-6-11/h2-8,14H,9H2,1H3,(H,19,23)(H,21,22). The fourth-order valence-corrected chi connectivity index (χ4v) is 2.55. The zero-order valence-corrected chi connectivity index (χ0v) is 14.0. The summed E-state index contributed by atoms with van der Waals surface area (Å²) in [6, 6.07) is 9.81. The van der Waals surface area contributed by atoms with Gasteiger partial charge in [0.25, 0.3) is 11.6 Å². The number of hydrogen-bond acceptors (Lipinski definition) is 4.